The van der Waals surface area contributed by atoms with Crippen LogP contribution in [0, 0.1) is 0 Å². The van der Waals surface area contributed by atoms with E-state index in [4.69, 9.17) is 8.85 Å². The number of hydrogen-bond donors (Lipinski definition) is 0. The van der Waals surface area contributed by atoms with Gasteiger partial charge in [0.25, 0.3) is 0 Å². The van der Waals surface area contributed by atoms with E-state index in [1.165, 1.54) is 12.8 Å². The minimum Gasteiger partial charge on any atom is -0.394 e. The summed E-state index contributed by atoms with van der Waals surface area (Å²) in [6, 6.07) is 1.05. The molecule has 0 saturated carbocycles. The van der Waals surface area contributed by atoms with Crippen LogP contribution in [-0.2, 0) is 8.85 Å². The molecule has 0 heterocycles. The summed E-state index contributed by atoms with van der Waals surface area (Å²) in [4.78, 5) is 0. The van der Waals surface area contributed by atoms with Crippen LogP contribution in [0.5, 0.6) is 0 Å². The molecular formula is C14H32O2Si. The zero-order chi connectivity index (χ0) is 13.4. The molecule has 0 aromatic heterocycles. The fourth-order valence-corrected chi connectivity index (χ4v) is 5.34. The van der Waals surface area contributed by atoms with Gasteiger partial charge in [-0.15, -0.1) is 0 Å². The lowest BCUT2D eigenvalue weighted by molar-refractivity contribution is 0.144. The van der Waals surface area contributed by atoms with E-state index in [9.17, 15) is 0 Å². The molecule has 0 saturated heterocycles. The minimum atomic E-state index is -2.05. The van der Waals surface area contributed by atoms with Crippen molar-refractivity contribution in [2.75, 3.05) is 13.2 Å². The van der Waals surface area contributed by atoms with Crippen molar-refractivity contribution in [1.29, 1.82) is 0 Å². The maximum absolute atomic E-state index is 6.25. The molecule has 0 aromatic carbocycles. The van der Waals surface area contributed by atoms with Crippen molar-refractivity contribution in [3.05, 3.63) is 0 Å². The maximum Gasteiger partial charge on any atom is 0.343 e. The first-order valence-electron chi connectivity index (χ1n) is 7.21. The lowest BCUT2D eigenvalue weighted by Gasteiger charge is -2.40. The van der Waals surface area contributed by atoms with E-state index in [1.807, 2.05) is 0 Å². The zero-order valence-corrected chi connectivity index (χ0v) is 13.8. The first kappa shape index (κ1) is 17.1. The van der Waals surface area contributed by atoms with Gasteiger partial charge < -0.3 is 8.85 Å². The van der Waals surface area contributed by atoms with Crippen molar-refractivity contribution in [1.82, 2.24) is 0 Å². The van der Waals surface area contributed by atoms with Crippen molar-refractivity contribution in [3.63, 3.8) is 0 Å². The minimum absolute atomic E-state index is 0.156. The van der Waals surface area contributed by atoms with Crippen LogP contribution in [-0.4, -0.2) is 21.8 Å². The molecule has 3 heteroatoms. The van der Waals surface area contributed by atoms with Crippen molar-refractivity contribution in [2.24, 2.45) is 0 Å². The predicted octanol–water partition coefficient (Wildman–Crippen LogP) is 4.88. The fraction of sp³-hybridized carbons (Fsp3) is 1.00. The van der Waals surface area contributed by atoms with Gasteiger partial charge in [-0.25, -0.2) is 0 Å². The zero-order valence-electron chi connectivity index (χ0n) is 12.8. The van der Waals surface area contributed by atoms with E-state index in [0.29, 0.717) is 0 Å². The molecule has 0 unspecified atom stereocenters. The molecule has 0 aliphatic carbocycles. The molecule has 104 valence electrons. The Hall–Kier alpha value is 0.137. The number of unbranched alkanes of at least 4 members (excludes halogenated alkanes) is 2. The molecule has 0 atom stereocenters. The van der Waals surface area contributed by atoms with Gasteiger partial charge in [0.15, 0.2) is 0 Å². The summed E-state index contributed by atoms with van der Waals surface area (Å²) in [5.74, 6) is 0. The molecule has 17 heavy (non-hydrogen) atoms. The SMILES string of the molecule is CCCCO[Si](CC)(OCCCC)C(C)(C)C. The summed E-state index contributed by atoms with van der Waals surface area (Å²) in [6.45, 7) is 15.1. The highest BCUT2D eigenvalue weighted by Crippen LogP contribution is 2.40. The smallest absolute Gasteiger partial charge is 0.343 e. The van der Waals surface area contributed by atoms with Gasteiger partial charge in [-0.2, -0.15) is 0 Å². The second-order valence-corrected chi connectivity index (χ2v) is 10.1. The van der Waals surface area contributed by atoms with Gasteiger partial charge in [-0.1, -0.05) is 54.4 Å². The Kier molecular flexibility index (Phi) is 8.34. The van der Waals surface area contributed by atoms with Crippen LogP contribution in [0.15, 0.2) is 0 Å². The standard InChI is InChI=1S/C14H32O2Si/c1-7-10-12-15-17(9-3,14(4,5)6)16-13-11-8-2/h7-13H2,1-6H3. The van der Waals surface area contributed by atoms with Crippen molar-refractivity contribution < 1.29 is 8.85 Å². The average molecular weight is 260 g/mol. The van der Waals surface area contributed by atoms with Gasteiger partial charge in [0.05, 0.1) is 0 Å². The van der Waals surface area contributed by atoms with E-state index in [2.05, 4.69) is 41.5 Å². The monoisotopic (exact) mass is 260 g/mol. The van der Waals surface area contributed by atoms with Crippen molar-refractivity contribution in [2.45, 2.75) is 78.3 Å². The molecule has 0 aliphatic heterocycles. The highest BCUT2D eigenvalue weighted by Gasteiger charge is 2.47. The molecule has 0 fully saturated rings. The van der Waals surface area contributed by atoms with Crippen LogP contribution in [0.3, 0.4) is 0 Å². The molecule has 0 rings (SSSR count). The van der Waals surface area contributed by atoms with Crippen molar-refractivity contribution >= 4 is 8.56 Å². The predicted molar refractivity (Wildman–Crippen MR) is 77.7 cm³/mol. The highest BCUT2D eigenvalue weighted by molar-refractivity contribution is 6.70. The lowest BCUT2D eigenvalue weighted by Crippen LogP contribution is -2.50. The molecule has 0 radical (unpaired) electrons. The Balaban J connectivity index is 4.52. The topological polar surface area (TPSA) is 18.5 Å². The molecule has 2 nitrogen and oxygen atoms in total. The van der Waals surface area contributed by atoms with E-state index in [0.717, 1.165) is 32.1 Å². The third kappa shape index (κ3) is 5.54. The molecule has 0 bridgehead atoms. The lowest BCUT2D eigenvalue weighted by atomic mass is 10.2. The first-order chi connectivity index (χ1) is 7.93. The molecule has 0 aromatic rings. The third-order valence-electron chi connectivity index (χ3n) is 3.27. The third-order valence-corrected chi connectivity index (χ3v) is 7.83. The Morgan fingerprint density at radius 3 is 1.47 bits per heavy atom. The number of hydrogen-bond acceptors (Lipinski definition) is 2. The second kappa shape index (κ2) is 8.28. The van der Waals surface area contributed by atoms with Gasteiger partial charge in [0, 0.05) is 18.3 Å². The second-order valence-electron chi connectivity index (χ2n) is 5.76. The molecular weight excluding hydrogens is 228 g/mol. The van der Waals surface area contributed by atoms with Crippen LogP contribution in [0.2, 0.25) is 11.1 Å². The largest absolute Gasteiger partial charge is 0.394 e. The Morgan fingerprint density at radius 2 is 1.24 bits per heavy atom. The van der Waals surface area contributed by atoms with Gasteiger partial charge in [-0.05, 0) is 18.9 Å². The van der Waals surface area contributed by atoms with Gasteiger partial charge in [0.1, 0.15) is 0 Å². The van der Waals surface area contributed by atoms with Crippen LogP contribution >= 0.6 is 0 Å². The summed E-state index contributed by atoms with van der Waals surface area (Å²) in [7, 11) is -2.05. The molecule has 0 aliphatic rings. The first-order valence-corrected chi connectivity index (χ1v) is 9.23. The van der Waals surface area contributed by atoms with Gasteiger partial charge >= 0.3 is 8.56 Å². The average Bonchev–Trinajstić information content (AvgIpc) is 2.26. The quantitative estimate of drug-likeness (QED) is 0.434. The van der Waals surface area contributed by atoms with E-state index < -0.39 is 8.56 Å². The van der Waals surface area contributed by atoms with Crippen LogP contribution < -0.4 is 0 Å². The van der Waals surface area contributed by atoms with E-state index >= 15 is 0 Å². The summed E-state index contributed by atoms with van der Waals surface area (Å²) in [5, 5.41) is 0.156. The summed E-state index contributed by atoms with van der Waals surface area (Å²) < 4.78 is 12.5. The molecule has 0 amide bonds. The summed E-state index contributed by atoms with van der Waals surface area (Å²) >= 11 is 0. The van der Waals surface area contributed by atoms with Crippen molar-refractivity contribution in [3.8, 4) is 0 Å². The van der Waals surface area contributed by atoms with Crippen LogP contribution in [0.4, 0.5) is 0 Å². The Morgan fingerprint density at radius 1 is 0.824 bits per heavy atom. The normalized spacial score (nSPS) is 13.1. The summed E-state index contributed by atoms with van der Waals surface area (Å²) in [6.07, 6.45) is 4.66. The summed E-state index contributed by atoms with van der Waals surface area (Å²) in [5.41, 5.74) is 0. The van der Waals surface area contributed by atoms with Crippen LogP contribution in [0.25, 0.3) is 0 Å². The Labute approximate surface area is 109 Å². The Bertz CT molecular complexity index is 177. The van der Waals surface area contributed by atoms with E-state index in [1.54, 1.807) is 0 Å². The molecule has 0 N–H and O–H groups in total. The highest BCUT2D eigenvalue weighted by atomic mass is 28.4. The van der Waals surface area contributed by atoms with Gasteiger partial charge in [0.2, 0.25) is 0 Å². The molecule has 0 spiro atoms. The van der Waals surface area contributed by atoms with Gasteiger partial charge in [-0.3, -0.25) is 0 Å². The fourth-order valence-electron chi connectivity index (χ4n) is 1.97. The number of rotatable bonds is 9. The van der Waals surface area contributed by atoms with E-state index in [-0.39, 0.29) is 5.04 Å². The maximum atomic E-state index is 6.25. The van der Waals surface area contributed by atoms with Crippen LogP contribution in [0.1, 0.15) is 67.2 Å².